The first-order valence-corrected chi connectivity index (χ1v) is 3.55. The van der Waals surface area contributed by atoms with Crippen LogP contribution in [0.25, 0.3) is 0 Å². The second-order valence-electron chi connectivity index (χ2n) is 1.76. The molecule has 0 aromatic rings. The molecule has 3 N–H and O–H groups in total. The average Bonchev–Trinajstić information content (AvgIpc) is 1.91. The maximum absolute atomic E-state index is 7.32. The zero-order chi connectivity index (χ0) is 8.24. The van der Waals surface area contributed by atoms with E-state index in [4.69, 9.17) is 11.0 Å². The Morgan fingerprint density at radius 1 is 1.50 bits per heavy atom. The lowest BCUT2D eigenvalue weighted by molar-refractivity contribution is 0.678. The molecule has 0 heterocycles. The van der Waals surface area contributed by atoms with Crippen LogP contribution in [0.1, 0.15) is 20.3 Å². The van der Waals surface area contributed by atoms with E-state index in [2.05, 4.69) is 12.2 Å². The highest BCUT2D eigenvalue weighted by Gasteiger charge is 1.76. The van der Waals surface area contributed by atoms with E-state index in [1.54, 1.807) is 6.07 Å². The van der Waals surface area contributed by atoms with Crippen molar-refractivity contribution >= 4 is 0 Å². The van der Waals surface area contributed by atoms with Crippen molar-refractivity contribution in [2.24, 2.45) is 5.73 Å². The van der Waals surface area contributed by atoms with Crippen LogP contribution in [-0.2, 0) is 0 Å². The molecule has 0 unspecified atom stereocenters. The Morgan fingerprint density at radius 3 is 2.30 bits per heavy atom. The van der Waals surface area contributed by atoms with Gasteiger partial charge in [-0.1, -0.05) is 6.92 Å². The Morgan fingerprint density at radius 2 is 2.00 bits per heavy atom. The highest BCUT2D eigenvalue weighted by molar-refractivity contribution is 4.51. The van der Waals surface area contributed by atoms with Crippen molar-refractivity contribution < 1.29 is 0 Å². The van der Waals surface area contributed by atoms with Gasteiger partial charge in [0.1, 0.15) is 0 Å². The number of hydrogen-bond donors (Lipinski definition) is 2. The molecule has 60 valence electrons. The van der Waals surface area contributed by atoms with Crippen LogP contribution >= 0.6 is 0 Å². The van der Waals surface area contributed by atoms with Gasteiger partial charge in [-0.05, 0) is 13.0 Å². The summed E-state index contributed by atoms with van der Waals surface area (Å²) >= 11 is 0. The summed E-state index contributed by atoms with van der Waals surface area (Å²) in [6.45, 7) is 6.37. The van der Waals surface area contributed by atoms with Gasteiger partial charge in [0.15, 0.2) is 0 Å². The minimum atomic E-state index is 0.750. The van der Waals surface area contributed by atoms with Crippen molar-refractivity contribution in [3.8, 4) is 6.07 Å². The fraction of sp³-hybridized carbons (Fsp3) is 0.857. The number of hydrogen-bond acceptors (Lipinski definition) is 3. The molecule has 10 heavy (non-hydrogen) atoms. The molecule has 0 aromatic heterocycles. The number of nitrogens with two attached hydrogens (primary N) is 1. The summed E-state index contributed by atoms with van der Waals surface area (Å²) in [6.07, 6.45) is 1.19. The molecule has 0 rings (SSSR count). The summed E-state index contributed by atoms with van der Waals surface area (Å²) in [4.78, 5) is 0. The minimum Gasteiger partial charge on any atom is -0.329 e. The zero-order valence-corrected chi connectivity index (χ0v) is 6.85. The first kappa shape index (κ1) is 12.1. The van der Waals surface area contributed by atoms with Crippen molar-refractivity contribution in [3.05, 3.63) is 0 Å². The molecule has 0 aliphatic rings. The fourth-order valence-electron chi connectivity index (χ4n) is 0.404. The molecule has 0 saturated carbocycles. The minimum absolute atomic E-state index is 0.750. The Balaban J connectivity index is 0. The molecule has 0 atom stereocenters. The van der Waals surface area contributed by atoms with E-state index in [9.17, 15) is 0 Å². The molecule has 0 saturated heterocycles. The predicted octanol–water partition coefficient (Wildman–Crippen LogP) is 0.475. The summed E-state index contributed by atoms with van der Waals surface area (Å²) in [6, 6.07) is 1.75. The molecule has 0 radical (unpaired) electrons. The van der Waals surface area contributed by atoms with E-state index >= 15 is 0 Å². The summed E-state index contributed by atoms with van der Waals surface area (Å²) in [5.74, 6) is 0. The van der Waals surface area contributed by atoms with E-state index in [0.29, 0.717) is 0 Å². The zero-order valence-electron chi connectivity index (χ0n) is 6.85. The van der Waals surface area contributed by atoms with Crippen LogP contribution < -0.4 is 11.1 Å². The van der Waals surface area contributed by atoms with E-state index in [1.807, 2.05) is 0 Å². The van der Waals surface area contributed by atoms with Gasteiger partial charge in [0.25, 0.3) is 0 Å². The van der Waals surface area contributed by atoms with Gasteiger partial charge in [0.2, 0.25) is 0 Å². The summed E-state index contributed by atoms with van der Waals surface area (Å²) in [7, 11) is 0. The second kappa shape index (κ2) is 15.8. The lowest BCUT2D eigenvalue weighted by Crippen LogP contribution is -2.22. The van der Waals surface area contributed by atoms with Gasteiger partial charge in [0.05, 0.1) is 6.07 Å². The first-order chi connectivity index (χ1) is 4.83. The summed E-state index contributed by atoms with van der Waals surface area (Å²) in [5, 5.41) is 10.5. The SMILES string of the molecule is CC#N.CCCNCCN. The molecule has 0 amide bonds. The van der Waals surface area contributed by atoms with Crippen molar-refractivity contribution in [1.29, 1.82) is 5.26 Å². The van der Waals surface area contributed by atoms with Gasteiger partial charge in [-0.2, -0.15) is 5.26 Å². The van der Waals surface area contributed by atoms with Crippen LogP contribution in [0.3, 0.4) is 0 Å². The third kappa shape index (κ3) is 26.2. The van der Waals surface area contributed by atoms with Gasteiger partial charge in [-0.3, -0.25) is 0 Å². The van der Waals surface area contributed by atoms with Crippen LogP contribution in [-0.4, -0.2) is 19.6 Å². The van der Waals surface area contributed by atoms with Crippen LogP contribution in [0.15, 0.2) is 0 Å². The quantitative estimate of drug-likeness (QED) is 0.562. The van der Waals surface area contributed by atoms with Crippen LogP contribution in [0.4, 0.5) is 0 Å². The largest absolute Gasteiger partial charge is 0.329 e. The van der Waals surface area contributed by atoms with Crippen LogP contribution in [0.2, 0.25) is 0 Å². The lowest BCUT2D eigenvalue weighted by atomic mass is 10.5. The van der Waals surface area contributed by atoms with E-state index in [-0.39, 0.29) is 0 Å². The monoisotopic (exact) mass is 143 g/mol. The first-order valence-electron chi connectivity index (χ1n) is 3.55. The molecule has 0 spiro atoms. The third-order valence-electron chi connectivity index (χ3n) is 0.748. The maximum atomic E-state index is 7.32. The van der Waals surface area contributed by atoms with E-state index < -0.39 is 0 Å². The number of nitrogens with zero attached hydrogens (tertiary/aromatic N) is 1. The number of nitrogens with one attached hydrogen (secondary N) is 1. The molecule has 0 aromatic carbocycles. The van der Waals surface area contributed by atoms with Crippen molar-refractivity contribution in [1.82, 2.24) is 5.32 Å². The predicted molar refractivity (Wildman–Crippen MR) is 43.5 cm³/mol. The normalized spacial score (nSPS) is 7.40. The van der Waals surface area contributed by atoms with Gasteiger partial charge < -0.3 is 11.1 Å². The fourth-order valence-corrected chi connectivity index (χ4v) is 0.404. The van der Waals surface area contributed by atoms with Crippen LogP contribution in [0, 0.1) is 11.3 Å². The van der Waals surface area contributed by atoms with Gasteiger partial charge in [-0.25, -0.2) is 0 Å². The molecular weight excluding hydrogens is 126 g/mol. The Labute approximate surface area is 63.2 Å². The molecule has 3 heteroatoms. The number of rotatable bonds is 4. The van der Waals surface area contributed by atoms with E-state index in [0.717, 1.165) is 19.6 Å². The van der Waals surface area contributed by atoms with Crippen molar-refractivity contribution in [2.45, 2.75) is 20.3 Å². The molecule has 0 aliphatic heterocycles. The van der Waals surface area contributed by atoms with Gasteiger partial charge in [-0.15, -0.1) is 0 Å². The van der Waals surface area contributed by atoms with Gasteiger partial charge >= 0.3 is 0 Å². The molecule has 0 fully saturated rings. The van der Waals surface area contributed by atoms with Crippen molar-refractivity contribution in [3.63, 3.8) is 0 Å². The molecule has 0 aliphatic carbocycles. The van der Waals surface area contributed by atoms with Crippen molar-refractivity contribution in [2.75, 3.05) is 19.6 Å². The summed E-state index contributed by atoms with van der Waals surface area (Å²) in [5.41, 5.74) is 5.21. The Hall–Kier alpha value is -0.590. The molecular formula is C7H17N3. The highest BCUT2D eigenvalue weighted by atomic mass is 14.9. The smallest absolute Gasteiger partial charge is 0.0587 e. The maximum Gasteiger partial charge on any atom is 0.0587 e. The average molecular weight is 143 g/mol. The third-order valence-corrected chi connectivity index (χ3v) is 0.748. The molecule has 0 bridgehead atoms. The van der Waals surface area contributed by atoms with Crippen LogP contribution in [0.5, 0.6) is 0 Å². The number of nitriles is 1. The standard InChI is InChI=1S/C5H14N2.C2H3N/c1-2-4-7-5-3-6;1-2-3/h7H,2-6H2,1H3;1H3. The van der Waals surface area contributed by atoms with E-state index in [1.165, 1.54) is 13.3 Å². The summed E-state index contributed by atoms with van der Waals surface area (Å²) < 4.78 is 0. The lowest BCUT2D eigenvalue weighted by Gasteiger charge is -1.95. The Kier molecular flexibility index (Phi) is 19.1. The topological polar surface area (TPSA) is 61.8 Å². The molecule has 3 nitrogen and oxygen atoms in total. The Bertz CT molecular complexity index is 71.4. The highest BCUT2D eigenvalue weighted by Crippen LogP contribution is 1.65. The second-order valence-corrected chi connectivity index (χ2v) is 1.76. The van der Waals surface area contributed by atoms with Gasteiger partial charge in [0, 0.05) is 20.0 Å².